The topological polar surface area (TPSA) is 45.6 Å². The molecule has 7 heteroatoms. The summed E-state index contributed by atoms with van der Waals surface area (Å²) >= 11 is 5.86. The van der Waals surface area contributed by atoms with Gasteiger partial charge in [-0.15, -0.1) is 0 Å². The highest BCUT2D eigenvalue weighted by Crippen LogP contribution is 2.41. The Morgan fingerprint density at radius 3 is 2.68 bits per heavy atom. The first-order chi connectivity index (χ1) is 15.3. The average Bonchev–Trinajstić information content (AvgIpc) is 3.55. The number of ether oxygens (including phenoxy) is 1. The molecule has 4 heterocycles. The molecule has 0 bridgehead atoms. The zero-order chi connectivity index (χ0) is 21.0. The number of aromatic nitrogens is 2. The fourth-order valence-corrected chi connectivity index (χ4v) is 5.76. The van der Waals surface area contributed by atoms with Gasteiger partial charge in [0.05, 0.1) is 31.0 Å². The van der Waals surface area contributed by atoms with Gasteiger partial charge in [-0.05, 0) is 55.7 Å². The molecular weight excluding hydrogens is 406 g/mol. The first kappa shape index (κ1) is 20.9. The number of nitrogens with zero attached hydrogens (tertiary/aromatic N) is 4. The summed E-state index contributed by atoms with van der Waals surface area (Å²) in [6.07, 6.45) is 10.5. The Bertz CT molecular complexity index is 860. The summed E-state index contributed by atoms with van der Waals surface area (Å²) in [7, 11) is 0. The first-order valence-electron chi connectivity index (χ1n) is 11.8. The van der Waals surface area contributed by atoms with E-state index in [1.165, 1.54) is 31.4 Å². The van der Waals surface area contributed by atoms with E-state index in [0.717, 1.165) is 56.6 Å². The quantitative estimate of drug-likeness (QED) is 0.664. The molecule has 0 amide bonds. The fraction of sp³-hybridized carbons (Fsp3) is 0.583. The lowest BCUT2D eigenvalue weighted by atomic mass is 10.0. The van der Waals surface area contributed by atoms with Gasteiger partial charge in [-0.1, -0.05) is 18.9 Å². The number of nitrogens with one attached hydrogen (secondary N) is 1. The van der Waals surface area contributed by atoms with E-state index in [1.54, 1.807) is 0 Å². The highest BCUT2D eigenvalue weighted by Gasteiger charge is 2.41. The van der Waals surface area contributed by atoms with Crippen LogP contribution in [0.25, 0.3) is 0 Å². The van der Waals surface area contributed by atoms with Crippen LogP contribution in [0, 0.1) is 0 Å². The Morgan fingerprint density at radius 2 is 1.90 bits per heavy atom. The molecule has 2 aromatic rings. The SMILES string of the molecule is S=C1N[C@H](c2ccccn2)[C@H](c2cccn2C2CCCC2)N1CCCN1CCOCC1. The molecular formula is C24H33N5OS. The van der Waals surface area contributed by atoms with Crippen molar-refractivity contribution in [3.05, 3.63) is 54.1 Å². The molecule has 0 radical (unpaired) electrons. The second-order valence-electron chi connectivity index (χ2n) is 8.91. The van der Waals surface area contributed by atoms with Crippen molar-refractivity contribution in [3.63, 3.8) is 0 Å². The maximum Gasteiger partial charge on any atom is 0.170 e. The molecule has 2 aromatic heterocycles. The van der Waals surface area contributed by atoms with Crippen LogP contribution in [-0.2, 0) is 4.74 Å². The minimum Gasteiger partial charge on any atom is -0.379 e. The monoisotopic (exact) mass is 439 g/mol. The van der Waals surface area contributed by atoms with Crippen LogP contribution in [0.3, 0.4) is 0 Å². The van der Waals surface area contributed by atoms with Crippen molar-refractivity contribution in [1.29, 1.82) is 0 Å². The number of hydrogen-bond donors (Lipinski definition) is 1. The summed E-state index contributed by atoms with van der Waals surface area (Å²) in [5, 5.41) is 4.46. The predicted molar refractivity (Wildman–Crippen MR) is 126 cm³/mol. The van der Waals surface area contributed by atoms with Gasteiger partial charge in [0.1, 0.15) is 0 Å². The Morgan fingerprint density at radius 1 is 1.06 bits per heavy atom. The van der Waals surface area contributed by atoms with E-state index >= 15 is 0 Å². The molecule has 3 aliphatic rings. The Kier molecular flexibility index (Phi) is 6.53. The molecule has 166 valence electrons. The number of morpholine rings is 1. The van der Waals surface area contributed by atoms with Crippen LogP contribution < -0.4 is 5.32 Å². The van der Waals surface area contributed by atoms with Gasteiger partial charge < -0.3 is 19.5 Å². The van der Waals surface area contributed by atoms with E-state index < -0.39 is 0 Å². The second-order valence-corrected chi connectivity index (χ2v) is 9.29. The second kappa shape index (κ2) is 9.67. The molecule has 6 nitrogen and oxygen atoms in total. The van der Waals surface area contributed by atoms with Gasteiger partial charge in [0.2, 0.25) is 0 Å². The molecule has 3 fully saturated rings. The minimum atomic E-state index is 0.0761. The van der Waals surface area contributed by atoms with Gasteiger partial charge in [-0.3, -0.25) is 9.88 Å². The fourth-order valence-electron chi connectivity index (χ4n) is 5.43. The lowest BCUT2D eigenvalue weighted by molar-refractivity contribution is 0.0365. The molecule has 31 heavy (non-hydrogen) atoms. The van der Waals surface area contributed by atoms with Crippen LogP contribution >= 0.6 is 12.2 Å². The number of hydrogen-bond acceptors (Lipinski definition) is 4. The number of rotatable bonds is 7. The summed E-state index contributed by atoms with van der Waals surface area (Å²) in [5.41, 5.74) is 2.42. The van der Waals surface area contributed by atoms with Gasteiger partial charge in [0.25, 0.3) is 0 Å². The van der Waals surface area contributed by atoms with Crippen molar-refractivity contribution in [2.24, 2.45) is 0 Å². The highest BCUT2D eigenvalue weighted by atomic mass is 32.1. The summed E-state index contributed by atoms with van der Waals surface area (Å²) in [4.78, 5) is 9.61. The molecule has 5 rings (SSSR count). The van der Waals surface area contributed by atoms with E-state index in [1.807, 2.05) is 12.3 Å². The molecule has 1 aliphatic carbocycles. The smallest absolute Gasteiger partial charge is 0.170 e. The Labute approximate surface area is 190 Å². The van der Waals surface area contributed by atoms with Crippen molar-refractivity contribution >= 4 is 17.3 Å². The average molecular weight is 440 g/mol. The Balaban J connectivity index is 1.39. The minimum absolute atomic E-state index is 0.0761. The van der Waals surface area contributed by atoms with Crippen LogP contribution in [-0.4, -0.2) is 63.9 Å². The van der Waals surface area contributed by atoms with Crippen LogP contribution in [0.5, 0.6) is 0 Å². The molecule has 2 saturated heterocycles. The van der Waals surface area contributed by atoms with Crippen LogP contribution in [0.4, 0.5) is 0 Å². The van der Waals surface area contributed by atoms with E-state index in [-0.39, 0.29) is 12.1 Å². The lowest BCUT2D eigenvalue weighted by Crippen LogP contribution is -2.39. The first-order valence-corrected chi connectivity index (χ1v) is 12.2. The van der Waals surface area contributed by atoms with Crippen molar-refractivity contribution < 1.29 is 4.74 Å². The van der Waals surface area contributed by atoms with Gasteiger partial charge in [0.15, 0.2) is 5.11 Å². The van der Waals surface area contributed by atoms with E-state index in [0.29, 0.717) is 6.04 Å². The maximum atomic E-state index is 5.86. The van der Waals surface area contributed by atoms with Crippen molar-refractivity contribution in [1.82, 2.24) is 24.7 Å². The molecule has 1 saturated carbocycles. The molecule has 1 N–H and O–H groups in total. The van der Waals surface area contributed by atoms with E-state index in [4.69, 9.17) is 21.9 Å². The van der Waals surface area contributed by atoms with Gasteiger partial charge in [0, 0.05) is 50.3 Å². The van der Waals surface area contributed by atoms with Gasteiger partial charge >= 0.3 is 0 Å². The van der Waals surface area contributed by atoms with Crippen molar-refractivity contribution in [2.75, 3.05) is 39.4 Å². The molecule has 2 atom stereocenters. The number of pyridine rings is 1. The maximum absolute atomic E-state index is 5.86. The number of thiocarbonyl (C=S) groups is 1. The van der Waals surface area contributed by atoms with Crippen LogP contribution in [0.1, 0.15) is 61.6 Å². The molecule has 0 aromatic carbocycles. The standard InChI is InChI=1S/C24H33N5OS/c31-24-26-22(20-9-3-4-11-25-20)23(21-10-5-13-28(21)19-7-1-2-8-19)29(24)14-6-12-27-15-17-30-18-16-27/h3-5,9-11,13,19,22-23H,1-2,6-8,12,14-18H2,(H,26,31)/t22-,23+/m1/s1. The van der Waals surface area contributed by atoms with Crippen LogP contribution in [0.2, 0.25) is 0 Å². The van der Waals surface area contributed by atoms with Gasteiger partial charge in [-0.2, -0.15) is 0 Å². The van der Waals surface area contributed by atoms with Crippen molar-refractivity contribution in [3.8, 4) is 0 Å². The Hall–Kier alpha value is -1.96. The lowest BCUT2D eigenvalue weighted by Gasteiger charge is -2.31. The van der Waals surface area contributed by atoms with Crippen LogP contribution in [0.15, 0.2) is 42.7 Å². The van der Waals surface area contributed by atoms with E-state index in [9.17, 15) is 0 Å². The zero-order valence-corrected chi connectivity index (χ0v) is 19.0. The molecule has 0 unspecified atom stereocenters. The summed E-state index contributed by atoms with van der Waals surface area (Å²) in [6, 6.07) is 11.5. The highest BCUT2D eigenvalue weighted by molar-refractivity contribution is 7.80. The predicted octanol–water partition coefficient (Wildman–Crippen LogP) is 3.69. The third-order valence-electron chi connectivity index (χ3n) is 7.01. The molecule has 2 aliphatic heterocycles. The third kappa shape index (κ3) is 4.49. The van der Waals surface area contributed by atoms with Gasteiger partial charge in [-0.25, -0.2) is 0 Å². The zero-order valence-electron chi connectivity index (χ0n) is 18.2. The van der Waals surface area contributed by atoms with Crippen molar-refractivity contribution in [2.45, 2.75) is 50.2 Å². The molecule has 0 spiro atoms. The largest absolute Gasteiger partial charge is 0.379 e. The summed E-state index contributed by atoms with van der Waals surface area (Å²) < 4.78 is 8.02. The normalized spacial score (nSPS) is 25.3. The van der Waals surface area contributed by atoms with E-state index in [2.05, 4.69) is 50.1 Å². The summed E-state index contributed by atoms with van der Waals surface area (Å²) in [6.45, 7) is 5.81. The third-order valence-corrected chi connectivity index (χ3v) is 7.36. The summed E-state index contributed by atoms with van der Waals surface area (Å²) in [5.74, 6) is 0.